The van der Waals surface area contributed by atoms with E-state index < -0.39 is 5.97 Å². The molecule has 86 valence electrons. The summed E-state index contributed by atoms with van der Waals surface area (Å²) in [6.07, 6.45) is 3.41. The Morgan fingerprint density at radius 3 is 2.76 bits per heavy atom. The Morgan fingerprint density at radius 2 is 2.12 bits per heavy atom. The van der Waals surface area contributed by atoms with Crippen LogP contribution in [0.1, 0.15) is 15.2 Å². The van der Waals surface area contributed by atoms with Crippen molar-refractivity contribution in [3.8, 4) is 0 Å². The Hall–Kier alpha value is -2.21. The number of amidine groups is 1. The van der Waals surface area contributed by atoms with Gasteiger partial charge < -0.3 is 10.6 Å². The SMILES string of the molecule is NC(=NOC(=O)c1cccs1)c1cc[nH+]cc1. The third kappa shape index (κ3) is 2.88. The first-order valence-corrected chi connectivity index (χ1v) is 5.70. The molecule has 6 heteroatoms. The normalized spacial score (nSPS) is 11.2. The highest BCUT2D eigenvalue weighted by molar-refractivity contribution is 7.11. The van der Waals surface area contributed by atoms with Crippen molar-refractivity contribution in [3.63, 3.8) is 0 Å². The van der Waals surface area contributed by atoms with Gasteiger partial charge in [0.25, 0.3) is 0 Å². The van der Waals surface area contributed by atoms with E-state index in [0.29, 0.717) is 10.4 Å². The van der Waals surface area contributed by atoms with Gasteiger partial charge in [-0.1, -0.05) is 11.2 Å². The van der Waals surface area contributed by atoms with Crippen LogP contribution in [-0.2, 0) is 4.84 Å². The van der Waals surface area contributed by atoms with Crippen LogP contribution >= 0.6 is 11.3 Å². The lowest BCUT2D eigenvalue weighted by molar-refractivity contribution is -0.378. The zero-order valence-electron chi connectivity index (χ0n) is 8.79. The van der Waals surface area contributed by atoms with Gasteiger partial charge >= 0.3 is 5.97 Å². The third-order valence-corrected chi connectivity index (χ3v) is 2.81. The molecule has 0 aromatic carbocycles. The van der Waals surface area contributed by atoms with Crippen LogP contribution in [0.25, 0.3) is 0 Å². The lowest BCUT2D eigenvalue weighted by atomic mass is 10.2. The van der Waals surface area contributed by atoms with Crippen LogP contribution in [-0.4, -0.2) is 11.8 Å². The number of nitrogens with zero attached hydrogens (tertiary/aromatic N) is 1. The first-order valence-electron chi connectivity index (χ1n) is 4.82. The van der Waals surface area contributed by atoms with Crippen molar-refractivity contribution >= 4 is 23.1 Å². The van der Waals surface area contributed by atoms with Gasteiger partial charge in [0, 0.05) is 17.7 Å². The molecule has 0 aliphatic heterocycles. The molecule has 0 aliphatic carbocycles. The molecule has 5 nitrogen and oxygen atoms in total. The molecule has 2 heterocycles. The number of H-pyrrole nitrogens is 1. The second-order valence-electron chi connectivity index (χ2n) is 3.12. The Kier molecular flexibility index (Phi) is 3.46. The summed E-state index contributed by atoms with van der Waals surface area (Å²) in [5.74, 6) is -0.352. The Balaban J connectivity index is 2.04. The first kappa shape index (κ1) is 11.3. The molecule has 0 amide bonds. The van der Waals surface area contributed by atoms with Crippen LogP contribution in [0.15, 0.2) is 47.2 Å². The van der Waals surface area contributed by atoms with Gasteiger partial charge in [0.05, 0.1) is 0 Å². The van der Waals surface area contributed by atoms with E-state index >= 15 is 0 Å². The highest BCUT2D eigenvalue weighted by atomic mass is 32.1. The fourth-order valence-electron chi connectivity index (χ4n) is 1.14. The molecule has 17 heavy (non-hydrogen) atoms. The minimum atomic E-state index is -0.509. The maximum Gasteiger partial charge on any atom is 0.375 e. The molecule has 0 unspecified atom stereocenters. The number of carbonyl (C=O) groups excluding carboxylic acids is 1. The largest absolute Gasteiger partial charge is 0.380 e. The van der Waals surface area contributed by atoms with Crippen LogP contribution in [0.2, 0.25) is 0 Å². The maximum atomic E-state index is 11.5. The molecule has 2 aromatic heterocycles. The van der Waals surface area contributed by atoms with E-state index in [1.54, 1.807) is 42.0 Å². The molecule has 0 radical (unpaired) electrons. The van der Waals surface area contributed by atoms with E-state index in [1.807, 2.05) is 0 Å². The molecular formula is C11H10N3O2S+. The van der Waals surface area contributed by atoms with Crippen molar-refractivity contribution in [2.24, 2.45) is 10.9 Å². The molecule has 0 atom stereocenters. The summed E-state index contributed by atoms with van der Waals surface area (Å²) in [6.45, 7) is 0. The summed E-state index contributed by atoms with van der Waals surface area (Å²) >= 11 is 1.29. The number of aromatic nitrogens is 1. The second kappa shape index (κ2) is 5.22. The molecule has 0 fully saturated rings. The average molecular weight is 248 g/mol. The van der Waals surface area contributed by atoms with Gasteiger partial charge in [-0.25, -0.2) is 9.78 Å². The van der Waals surface area contributed by atoms with Gasteiger partial charge in [-0.15, -0.1) is 11.3 Å². The highest BCUT2D eigenvalue weighted by Gasteiger charge is 2.08. The third-order valence-electron chi connectivity index (χ3n) is 1.96. The number of aromatic amines is 1. The highest BCUT2D eigenvalue weighted by Crippen LogP contribution is 2.10. The van der Waals surface area contributed by atoms with Crippen LogP contribution < -0.4 is 10.7 Å². The number of carbonyl (C=O) groups is 1. The van der Waals surface area contributed by atoms with E-state index in [4.69, 9.17) is 10.6 Å². The van der Waals surface area contributed by atoms with Crippen molar-refractivity contribution in [1.29, 1.82) is 0 Å². The van der Waals surface area contributed by atoms with Gasteiger partial charge in [0.1, 0.15) is 4.88 Å². The number of nitrogens with two attached hydrogens (primary N) is 1. The van der Waals surface area contributed by atoms with E-state index in [-0.39, 0.29) is 5.84 Å². The number of hydrogen-bond acceptors (Lipinski definition) is 4. The number of rotatable bonds is 3. The van der Waals surface area contributed by atoms with E-state index in [0.717, 1.165) is 0 Å². The van der Waals surface area contributed by atoms with E-state index in [1.165, 1.54) is 11.3 Å². The molecule has 0 saturated carbocycles. The minimum absolute atomic E-state index is 0.156. The Labute approximate surface area is 102 Å². The Bertz CT molecular complexity index is 523. The summed E-state index contributed by atoms with van der Waals surface area (Å²) in [5.41, 5.74) is 6.34. The van der Waals surface area contributed by atoms with Crippen molar-refractivity contribution in [2.75, 3.05) is 0 Å². The van der Waals surface area contributed by atoms with Gasteiger partial charge in [0.2, 0.25) is 0 Å². The van der Waals surface area contributed by atoms with Gasteiger partial charge in [-0.2, -0.15) is 0 Å². The standard InChI is InChI=1S/C11H9N3O2S/c12-10(8-3-5-13-6-4-8)14-16-11(15)9-2-1-7-17-9/h1-7H,(H2,12,14)/p+1. The summed E-state index contributed by atoms with van der Waals surface area (Å²) in [5, 5.41) is 5.38. The maximum absolute atomic E-state index is 11.5. The number of oxime groups is 1. The van der Waals surface area contributed by atoms with Crippen molar-refractivity contribution in [1.82, 2.24) is 0 Å². The van der Waals surface area contributed by atoms with Crippen LogP contribution in [0.5, 0.6) is 0 Å². The van der Waals surface area contributed by atoms with Crippen molar-refractivity contribution < 1.29 is 14.6 Å². The summed E-state index contributed by atoms with van der Waals surface area (Å²) in [6, 6.07) is 6.90. The first-order chi connectivity index (χ1) is 8.27. The molecule has 0 spiro atoms. The van der Waals surface area contributed by atoms with Crippen LogP contribution in [0.4, 0.5) is 0 Å². The minimum Gasteiger partial charge on any atom is -0.380 e. The number of pyridine rings is 1. The van der Waals surface area contributed by atoms with E-state index in [9.17, 15) is 4.79 Å². The summed E-state index contributed by atoms with van der Waals surface area (Å²) < 4.78 is 0. The van der Waals surface area contributed by atoms with Crippen LogP contribution in [0.3, 0.4) is 0 Å². The number of nitrogens with one attached hydrogen (secondary N) is 1. The van der Waals surface area contributed by atoms with Crippen molar-refractivity contribution in [3.05, 3.63) is 52.5 Å². The monoisotopic (exact) mass is 248 g/mol. The van der Waals surface area contributed by atoms with Gasteiger partial charge in [-0.05, 0) is 11.4 Å². The fraction of sp³-hybridized carbons (Fsp3) is 0. The molecule has 3 N–H and O–H groups in total. The molecule has 0 bridgehead atoms. The summed E-state index contributed by atoms with van der Waals surface area (Å²) in [7, 11) is 0. The zero-order valence-corrected chi connectivity index (χ0v) is 9.61. The molecule has 2 aromatic rings. The average Bonchev–Trinajstić information content (AvgIpc) is 2.90. The predicted octanol–water partition coefficient (Wildman–Crippen LogP) is 1.04. The van der Waals surface area contributed by atoms with Crippen molar-refractivity contribution in [2.45, 2.75) is 0 Å². The Morgan fingerprint density at radius 1 is 1.35 bits per heavy atom. The summed E-state index contributed by atoms with van der Waals surface area (Å²) in [4.78, 5) is 19.5. The molecule has 2 rings (SSSR count). The second-order valence-corrected chi connectivity index (χ2v) is 4.07. The van der Waals surface area contributed by atoms with E-state index in [2.05, 4.69) is 10.1 Å². The fourth-order valence-corrected chi connectivity index (χ4v) is 1.74. The van der Waals surface area contributed by atoms with Gasteiger partial charge in [0.15, 0.2) is 18.2 Å². The number of hydrogen-bond donors (Lipinski definition) is 1. The molecule has 0 saturated heterocycles. The predicted molar refractivity (Wildman–Crippen MR) is 63.5 cm³/mol. The quantitative estimate of drug-likeness (QED) is 0.381. The zero-order chi connectivity index (χ0) is 12.1. The lowest BCUT2D eigenvalue weighted by Crippen LogP contribution is -2.16. The smallest absolute Gasteiger partial charge is 0.375 e. The lowest BCUT2D eigenvalue weighted by Gasteiger charge is -1.98. The molecule has 0 aliphatic rings. The molecular weight excluding hydrogens is 238 g/mol. The topological polar surface area (TPSA) is 78.8 Å². The van der Waals surface area contributed by atoms with Gasteiger partial charge in [-0.3, -0.25) is 0 Å². The van der Waals surface area contributed by atoms with Crippen LogP contribution in [0, 0.1) is 0 Å². The number of thiophene rings is 1.